The smallest absolute Gasteiger partial charge is 0.328 e. The molecule has 2 aromatic rings. The first-order chi connectivity index (χ1) is 11.4. The fourth-order valence-electron chi connectivity index (χ4n) is 2.04. The number of non-ortho nitro benzene ring substituents is 1. The molecule has 0 amide bonds. The Labute approximate surface area is 135 Å². The van der Waals surface area contributed by atoms with Gasteiger partial charge >= 0.3 is 11.9 Å². The molecular formula is C15H13N3O6. The van der Waals surface area contributed by atoms with Crippen LogP contribution >= 0.6 is 0 Å². The topological polar surface area (TPSA) is 136 Å². The number of rotatable bonds is 7. The second-order valence-corrected chi connectivity index (χ2v) is 4.82. The molecule has 9 heteroatoms. The average Bonchev–Trinajstić information content (AvgIpc) is 2.94. The Kier molecular flexibility index (Phi) is 5.05. The molecule has 0 atom stereocenters. The maximum Gasteiger partial charge on any atom is 0.328 e. The zero-order chi connectivity index (χ0) is 17.7. The summed E-state index contributed by atoms with van der Waals surface area (Å²) in [7, 11) is 0. The van der Waals surface area contributed by atoms with Gasteiger partial charge in [-0.2, -0.15) is 5.10 Å². The number of nitrogens with zero attached hydrogens (tertiary/aromatic N) is 3. The van der Waals surface area contributed by atoms with Gasteiger partial charge in [0.25, 0.3) is 5.69 Å². The monoisotopic (exact) mass is 331 g/mol. The molecule has 0 fully saturated rings. The minimum absolute atomic E-state index is 0.0954. The highest BCUT2D eigenvalue weighted by Crippen LogP contribution is 2.26. The molecule has 24 heavy (non-hydrogen) atoms. The Morgan fingerprint density at radius 2 is 2.08 bits per heavy atom. The predicted octanol–water partition coefficient (Wildman–Crippen LogP) is 2.03. The van der Waals surface area contributed by atoms with Gasteiger partial charge in [0.1, 0.15) is 0 Å². The Morgan fingerprint density at radius 1 is 1.33 bits per heavy atom. The number of nitro benzene ring substituents is 1. The number of nitro groups is 1. The van der Waals surface area contributed by atoms with Crippen LogP contribution in [0.3, 0.4) is 0 Å². The second kappa shape index (κ2) is 7.18. The maximum absolute atomic E-state index is 10.9. The first kappa shape index (κ1) is 16.9. The van der Waals surface area contributed by atoms with Crippen molar-refractivity contribution in [2.75, 3.05) is 0 Å². The van der Waals surface area contributed by atoms with Crippen LogP contribution in [0.1, 0.15) is 12.0 Å². The van der Waals surface area contributed by atoms with E-state index in [1.54, 1.807) is 6.07 Å². The van der Waals surface area contributed by atoms with Gasteiger partial charge in [-0.05, 0) is 6.08 Å². The van der Waals surface area contributed by atoms with E-state index in [1.807, 2.05) is 0 Å². The van der Waals surface area contributed by atoms with Gasteiger partial charge in [0.15, 0.2) is 0 Å². The van der Waals surface area contributed by atoms with E-state index < -0.39 is 16.9 Å². The summed E-state index contributed by atoms with van der Waals surface area (Å²) in [6, 6.07) is 5.75. The molecule has 2 N–H and O–H groups in total. The van der Waals surface area contributed by atoms with Crippen molar-refractivity contribution in [3.63, 3.8) is 0 Å². The average molecular weight is 331 g/mol. The zero-order valence-corrected chi connectivity index (χ0v) is 12.3. The Hall–Kier alpha value is -3.49. The summed E-state index contributed by atoms with van der Waals surface area (Å²) in [4.78, 5) is 31.7. The summed E-state index contributed by atoms with van der Waals surface area (Å²) in [5, 5.41) is 32.6. The molecule has 0 aliphatic carbocycles. The molecule has 2 rings (SSSR count). The highest BCUT2D eigenvalue weighted by Gasteiger charge is 2.14. The summed E-state index contributed by atoms with van der Waals surface area (Å²) in [5.41, 5.74) is 1.06. The fourth-order valence-corrected chi connectivity index (χ4v) is 2.04. The van der Waals surface area contributed by atoms with E-state index in [0.29, 0.717) is 16.8 Å². The first-order valence-electron chi connectivity index (χ1n) is 6.82. The number of hydrogen-bond donors (Lipinski definition) is 2. The van der Waals surface area contributed by atoms with Crippen molar-refractivity contribution in [2.24, 2.45) is 0 Å². The van der Waals surface area contributed by atoms with Crippen molar-refractivity contribution in [1.29, 1.82) is 0 Å². The molecule has 1 aromatic heterocycles. The van der Waals surface area contributed by atoms with Gasteiger partial charge in [-0.15, -0.1) is 0 Å². The van der Waals surface area contributed by atoms with E-state index in [0.717, 1.165) is 6.08 Å². The first-order valence-corrected chi connectivity index (χ1v) is 6.82. The summed E-state index contributed by atoms with van der Waals surface area (Å²) in [6.07, 6.45) is 3.56. The molecule has 124 valence electrons. The predicted molar refractivity (Wildman–Crippen MR) is 83.2 cm³/mol. The van der Waals surface area contributed by atoms with Crippen molar-refractivity contribution in [1.82, 2.24) is 9.78 Å². The Morgan fingerprint density at radius 3 is 2.71 bits per heavy atom. The SMILES string of the molecule is O=C(O)/C=C/c1cn(CCC(=O)O)nc1-c1cccc([N+](=O)[O-])c1. The van der Waals surface area contributed by atoms with Crippen LogP contribution in [0.25, 0.3) is 17.3 Å². The molecular weight excluding hydrogens is 318 g/mol. The third-order valence-electron chi connectivity index (χ3n) is 3.08. The Balaban J connectivity index is 2.45. The van der Waals surface area contributed by atoms with Crippen molar-refractivity contribution in [2.45, 2.75) is 13.0 Å². The van der Waals surface area contributed by atoms with E-state index in [-0.39, 0.29) is 18.7 Å². The van der Waals surface area contributed by atoms with Gasteiger partial charge in [-0.1, -0.05) is 12.1 Å². The summed E-state index contributed by atoms with van der Waals surface area (Å²) < 4.78 is 1.36. The summed E-state index contributed by atoms with van der Waals surface area (Å²) >= 11 is 0. The van der Waals surface area contributed by atoms with Crippen molar-refractivity contribution < 1.29 is 24.7 Å². The molecule has 0 radical (unpaired) electrons. The number of carboxylic acid groups (broad SMARTS) is 2. The van der Waals surface area contributed by atoms with Gasteiger partial charge < -0.3 is 10.2 Å². The normalized spacial score (nSPS) is 10.8. The zero-order valence-electron chi connectivity index (χ0n) is 12.3. The minimum atomic E-state index is -1.15. The highest BCUT2D eigenvalue weighted by molar-refractivity contribution is 5.87. The molecule has 0 saturated carbocycles. The van der Waals surface area contributed by atoms with Crippen molar-refractivity contribution in [3.8, 4) is 11.3 Å². The van der Waals surface area contributed by atoms with Crippen LogP contribution in [0.2, 0.25) is 0 Å². The highest BCUT2D eigenvalue weighted by atomic mass is 16.6. The molecule has 1 heterocycles. The van der Waals surface area contributed by atoms with E-state index in [4.69, 9.17) is 10.2 Å². The number of hydrogen-bond acceptors (Lipinski definition) is 5. The lowest BCUT2D eigenvalue weighted by Gasteiger charge is -2.00. The lowest BCUT2D eigenvalue weighted by Crippen LogP contribution is -2.04. The van der Waals surface area contributed by atoms with E-state index >= 15 is 0 Å². The lowest BCUT2D eigenvalue weighted by molar-refractivity contribution is -0.384. The van der Waals surface area contributed by atoms with Gasteiger partial charge in [0.05, 0.1) is 23.6 Å². The lowest BCUT2D eigenvalue weighted by atomic mass is 10.1. The van der Waals surface area contributed by atoms with Crippen LogP contribution in [0.15, 0.2) is 36.5 Å². The standard InChI is InChI=1S/C15H13N3O6/c19-13(20)5-4-11-9-17(7-6-14(21)22)16-15(11)10-2-1-3-12(8-10)18(23)24/h1-5,8-9H,6-7H2,(H,19,20)(H,21,22)/b5-4+. The van der Waals surface area contributed by atoms with E-state index in [2.05, 4.69) is 5.10 Å². The number of aromatic nitrogens is 2. The number of aryl methyl sites for hydroxylation is 1. The molecule has 9 nitrogen and oxygen atoms in total. The number of benzene rings is 1. The number of carboxylic acids is 2. The van der Waals surface area contributed by atoms with Crippen LogP contribution in [0.4, 0.5) is 5.69 Å². The van der Waals surface area contributed by atoms with Crippen LogP contribution in [0.5, 0.6) is 0 Å². The van der Waals surface area contributed by atoms with Crippen LogP contribution in [0, 0.1) is 10.1 Å². The third kappa shape index (κ3) is 4.26. The third-order valence-corrected chi connectivity index (χ3v) is 3.08. The minimum Gasteiger partial charge on any atom is -0.481 e. The molecule has 0 unspecified atom stereocenters. The van der Waals surface area contributed by atoms with E-state index in [1.165, 1.54) is 35.2 Å². The maximum atomic E-state index is 10.9. The fraction of sp³-hybridized carbons (Fsp3) is 0.133. The van der Waals surface area contributed by atoms with Crippen molar-refractivity contribution >= 4 is 23.7 Å². The van der Waals surface area contributed by atoms with Crippen molar-refractivity contribution in [3.05, 3.63) is 52.2 Å². The van der Waals surface area contributed by atoms with E-state index in [9.17, 15) is 19.7 Å². The molecule has 0 saturated heterocycles. The molecule has 0 aliphatic rings. The molecule has 0 aliphatic heterocycles. The number of carbonyl (C=O) groups is 2. The largest absolute Gasteiger partial charge is 0.481 e. The molecule has 0 bridgehead atoms. The van der Waals surface area contributed by atoms with Crippen LogP contribution < -0.4 is 0 Å². The van der Waals surface area contributed by atoms with Crippen LogP contribution in [-0.4, -0.2) is 36.9 Å². The molecule has 0 spiro atoms. The Bertz CT molecular complexity index is 824. The summed E-state index contributed by atoms with van der Waals surface area (Å²) in [6.45, 7) is 0.0954. The number of aliphatic carboxylic acids is 2. The van der Waals surface area contributed by atoms with Gasteiger partial charge in [0, 0.05) is 35.5 Å². The quantitative estimate of drug-likeness (QED) is 0.450. The van der Waals surface area contributed by atoms with Gasteiger partial charge in [0.2, 0.25) is 0 Å². The summed E-state index contributed by atoms with van der Waals surface area (Å²) in [5.74, 6) is -2.15. The van der Waals surface area contributed by atoms with Gasteiger partial charge in [-0.25, -0.2) is 4.79 Å². The van der Waals surface area contributed by atoms with Crippen LogP contribution in [-0.2, 0) is 16.1 Å². The molecule has 1 aromatic carbocycles. The van der Waals surface area contributed by atoms with Gasteiger partial charge in [-0.3, -0.25) is 19.6 Å². The second-order valence-electron chi connectivity index (χ2n) is 4.82.